The molecular formula is C66H76N10O14. The number of hydrogen-bond donors (Lipinski definition) is 4. The molecule has 6 atom stereocenters. The Morgan fingerprint density at radius 1 is 0.567 bits per heavy atom. The number of ether oxygens (including phenoxy) is 8. The number of nitrogens with zero attached hydrogens (tertiary/aromatic N) is 6. The Morgan fingerprint density at radius 3 is 1.47 bits per heavy atom. The third-order valence-corrected chi connectivity index (χ3v) is 16.8. The fourth-order valence-electron chi connectivity index (χ4n) is 12.4. The first-order chi connectivity index (χ1) is 42.9. The van der Waals surface area contributed by atoms with E-state index in [1.165, 1.54) is 0 Å². The van der Waals surface area contributed by atoms with E-state index < -0.39 is 72.0 Å². The van der Waals surface area contributed by atoms with Crippen molar-refractivity contribution in [2.75, 3.05) is 26.7 Å². The summed E-state index contributed by atoms with van der Waals surface area (Å²) in [7, 11) is 0. The van der Waals surface area contributed by atoms with Gasteiger partial charge in [-0.15, -0.1) is 0 Å². The van der Waals surface area contributed by atoms with Gasteiger partial charge in [0, 0.05) is 48.8 Å². The van der Waals surface area contributed by atoms with E-state index in [2.05, 4.69) is 20.6 Å². The summed E-state index contributed by atoms with van der Waals surface area (Å²) in [5.41, 5.74) is 6.93. The average molecular weight is 1230 g/mol. The molecule has 24 heteroatoms. The highest BCUT2D eigenvalue weighted by Gasteiger charge is 2.46. The van der Waals surface area contributed by atoms with Gasteiger partial charge in [0.05, 0.1) is 55.8 Å². The summed E-state index contributed by atoms with van der Waals surface area (Å²) >= 11 is 0. The van der Waals surface area contributed by atoms with Gasteiger partial charge >= 0.3 is 24.4 Å². The average Bonchev–Trinajstić information content (AvgIpc) is 1.67. The molecule has 0 spiro atoms. The van der Waals surface area contributed by atoms with Crippen molar-refractivity contribution in [1.82, 2.24) is 50.2 Å². The van der Waals surface area contributed by atoms with Crippen LogP contribution in [0.1, 0.15) is 128 Å². The van der Waals surface area contributed by atoms with Crippen LogP contribution in [0.15, 0.2) is 85.2 Å². The van der Waals surface area contributed by atoms with Crippen molar-refractivity contribution < 1.29 is 66.7 Å². The summed E-state index contributed by atoms with van der Waals surface area (Å²) in [6, 6.07) is 20.3. The maximum Gasteiger partial charge on any atom is 0.410 e. The van der Waals surface area contributed by atoms with Crippen molar-refractivity contribution in [1.29, 1.82) is 0 Å². The molecule has 474 valence electrons. The molecule has 0 radical (unpaired) electrons. The predicted octanol–water partition coefficient (Wildman–Crippen LogP) is 10.3. The van der Waals surface area contributed by atoms with Gasteiger partial charge < -0.3 is 68.3 Å². The van der Waals surface area contributed by atoms with Crippen LogP contribution in [0.3, 0.4) is 0 Å². The highest BCUT2D eigenvalue weighted by atomic mass is 16.7. The number of carbonyl (C=O) groups is 6. The quantitative estimate of drug-likeness (QED) is 0.0783. The number of aromatic amines is 2. The number of H-pyrrole nitrogens is 2. The van der Waals surface area contributed by atoms with Crippen LogP contribution in [-0.4, -0.2) is 138 Å². The minimum absolute atomic E-state index is 0.0618. The number of amides is 6. The summed E-state index contributed by atoms with van der Waals surface area (Å²) < 4.78 is 46.0. The van der Waals surface area contributed by atoms with Crippen LogP contribution in [-0.2, 0) is 54.7 Å². The van der Waals surface area contributed by atoms with Crippen molar-refractivity contribution >= 4 is 36.2 Å². The molecule has 6 amide bonds. The van der Waals surface area contributed by atoms with Crippen molar-refractivity contribution in [3.8, 4) is 56.6 Å². The van der Waals surface area contributed by atoms with Gasteiger partial charge in [-0.3, -0.25) is 19.4 Å². The zero-order chi connectivity index (χ0) is 63.5. The van der Waals surface area contributed by atoms with E-state index in [0.29, 0.717) is 59.1 Å². The molecule has 2 fully saturated rings. The van der Waals surface area contributed by atoms with Crippen molar-refractivity contribution in [3.63, 3.8) is 0 Å². The van der Waals surface area contributed by atoms with E-state index in [9.17, 15) is 28.8 Å². The first kappa shape index (κ1) is 60.8. The van der Waals surface area contributed by atoms with Crippen LogP contribution in [0.25, 0.3) is 33.6 Å². The summed E-state index contributed by atoms with van der Waals surface area (Å²) in [6.45, 7) is 19.5. The van der Waals surface area contributed by atoms with Gasteiger partial charge in [0.2, 0.25) is 25.4 Å². The second kappa shape index (κ2) is 24.1. The van der Waals surface area contributed by atoms with E-state index in [4.69, 9.17) is 47.9 Å². The van der Waals surface area contributed by atoms with E-state index in [-0.39, 0.29) is 76.3 Å². The third-order valence-electron chi connectivity index (χ3n) is 16.8. The number of alkyl carbamates (subject to hydrolysis) is 2. The number of hydrogen-bond acceptors (Lipinski definition) is 16. The number of nitrogens with one attached hydrogen (secondary N) is 4. The molecule has 4 aromatic carbocycles. The molecular weight excluding hydrogens is 1160 g/mol. The van der Waals surface area contributed by atoms with Gasteiger partial charge in [-0.1, -0.05) is 88.4 Å². The Hall–Kier alpha value is -9.48. The van der Waals surface area contributed by atoms with Crippen LogP contribution < -0.4 is 29.6 Å². The lowest BCUT2D eigenvalue weighted by molar-refractivity contribution is -0.136. The molecule has 90 heavy (non-hydrogen) atoms. The zero-order valence-electron chi connectivity index (χ0n) is 52.2. The van der Waals surface area contributed by atoms with E-state index in [1.807, 2.05) is 100 Å². The number of rotatable bonds is 13. The summed E-state index contributed by atoms with van der Waals surface area (Å²) in [5, 5.41) is 5.59. The second-order valence-corrected chi connectivity index (χ2v) is 26.3. The predicted molar refractivity (Wildman–Crippen MR) is 325 cm³/mol. The van der Waals surface area contributed by atoms with Crippen LogP contribution in [0.5, 0.6) is 23.0 Å². The molecule has 2 aromatic heterocycles. The molecule has 6 aromatic rings. The fraction of sp³-hybridized carbons (Fsp3) is 0.455. The van der Waals surface area contributed by atoms with Gasteiger partial charge in [-0.05, 0) is 93.3 Å². The number of aromatic nitrogens is 4. The smallest absolute Gasteiger partial charge is 0.410 e. The SMILES string of the molecule is CC(C)C(NC(=O)OC(C)(C)C)C(=O)N1C[C@H](OC(=O)N2Cc3ccc4c(c3C2)OCO4)C[C@H]1c1nc(-c2ccc(-c3ccc(-c4cnc([C@@H]5C[C@@H](OC(=O)N6Cc7ccc8c(c7C6)OCO8)CN5C(=O)[C@@H](NC(=O)OC(C)(C)C)C(C)C)[nH]4)cc3)cc2)c[nH]1. The lowest BCUT2D eigenvalue weighted by Gasteiger charge is -2.31. The van der Waals surface area contributed by atoms with Gasteiger partial charge in [0.15, 0.2) is 23.0 Å². The molecule has 8 heterocycles. The monoisotopic (exact) mass is 1230 g/mol. The highest BCUT2D eigenvalue weighted by molar-refractivity contribution is 5.88. The van der Waals surface area contributed by atoms with Crippen LogP contribution >= 0.6 is 0 Å². The molecule has 6 aliphatic rings. The molecule has 6 aliphatic heterocycles. The third kappa shape index (κ3) is 12.7. The molecule has 12 rings (SSSR count). The molecule has 0 bridgehead atoms. The molecule has 2 saturated heterocycles. The van der Waals surface area contributed by atoms with Crippen molar-refractivity contribution in [3.05, 3.63) is 119 Å². The van der Waals surface area contributed by atoms with Gasteiger partial charge in [-0.2, -0.15) is 0 Å². The summed E-state index contributed by atoms with van der Waals surface area (Å²) in [5.74, 6) is 2.15. The summed E-state index contributed by atoms with van der Waals surface area (Å²) in [6.07, 6.45) is 0.104. The van der Waals surface area contributed by atoms with Gasteiger partial charge in [-0.25, -0.2) is 29.1 Å². The molecule has 1 unspecified atom stereocenters. The molecule has 4 N–H and O–H groups in total. The first-order valence-electron chi connectivity index (χ1n) is 30.5. The largest absolute Gasteiger partial charge is 0.454 e. The van der Waals surface area contributed by atoms with Crippen molar-refractivity contribution in [2.45, 2.75) is 156 Å². The standard InChI is InChI=1S/C66H76N10O14/c1-35(2)53(71-61(79)89-65(5,6)7)59(77)75-29-43(87-63(81)73-27-41-19-21-51-55(45(41)31-73)85-33-83-51)23-49(75)57-67-25-47(69-57)39-15-11-37(12-16-39)38-13-17-40(18-14-38)48-26-68-58(70-48)50-24-44(30-76(50)60(78)54(36(3)4)72-62(80)90-66(8,9)10)88-64(82)74-28-42-20-22-52-56(46(42)32-74)86-34-84-52/h11-22,25-26,35-36,43-44,49-50,53-54H,23-24,27-34H2,1-10H3,(H,67,69)(H,68,70)(H,71,79)(H,72,80)/t43-,44-,49+,50+,53+,54?/m1/s1. The first-order valence-corrected chi connectivity index (χ1v) is 30.5. The lowest BCUT2D eigenvalue weighted by atomic mass is 10.0. The Balaban J connectivity index is 0.732. The minimum atomic E-state index is -0.954. The van der Waals surface area contributed by atoms with E-state index in [0.717, 1.165) is 44.5 Å². The molecule has 24 nitrogen and oxygen atoms in total. The van der Waals surface area contributed by atoms with Crippen LogP contribution in [0, 0.1) is 11.8 Å². The Morgan fingerprint density at radius 2 is 1.01 bits per heavy atom. The maximum atomic E-state index is 14.7. The number of imidazole rings is 2. The Kier molecular flexibility index (Phi) is 16.3. The van der Waals surface area contributed by atoms with Crippen LogP contribution in [0.2, 0.25) is 0 Å². The number of carbonyl (C=O) groups excluding carboxylic acids is 6. The molecule has 0 aliphatic carbocycles. The number of benzene rings is 4. The van der Waals surface area contributed by atoms with E-state index >= 15 is 0 Å². The van der Waals surface area contributed by atoms with Gasteiger partial charge in [0.1, 0.15) is 47.1 Å². The Labute approximate surface area is 521 Å². The topological polar surface area (TPSA) is 271 Å². The fourth-order valence-corrected chi connectivity index (χ4v) is 12.4. The highest BCUT2D eigenvalue weighted by Crippen LogP contribution is 2.44. The molecule has 0 saturated carbocycles. The number of fused-ring (bicyclic) bond motifs is 6. The summed E-state index contributed by atoms with van der Waals surface area (Å²) in [4.78, 5) is 106. The van der Waals surface area contributed by atoms with E-state index in [1.54, 1.807) is 73.5 Å². The Bertz CT molecular complexity index is 3500. The van der Waals surface area contributed by atoms with Gasteiger partial charge in [0.25, 0.3) is 0 Å². The van der Waals surface area contributed by atoms with Crippen molar-refractivity contribution in [2.24, 2.45) is 11.8 Å². The minimum Gasteiger partial charge on any atom is -0.454 e. The maximum absolute atomic E-state index is 14.7. The second-order valence-electron chi connectivity index (χ2n) is 26.3. The lowest BCUT2D eigenvalue weighted by Crippen LogP contribution is -2.52. The zero-order valence-corrected chi connectivity index (χ0v) is 52.2. The number of likely N-dealkylation sites (tertiary alicyclic amines) is 2. The van der Waals surface area contributed by atoms with Crippen LogP contribution in [0.4, 0.5) is 19.2 Å². The normalized spacial score (nSPS) is 19.6.